The Hall–Kier alpha value is -3.65. The molecule has 5 rings (SSSR count). The Morgan fingerprint density at radius 3 is 1.36 bits per heavy atom. The van der Waals surface area contributed by atoms with E-state index in [1.165, 1.54) is 33.6 Å². The van der Waals surface area contributed by atoms with Crippen LogP contribution in [0.2, 0.25) is 0 Å². The number of aryl methyl sites for hydroxylation is 2. The van der Waals surface area contributed by atoms with Crippen molar-refractivity contribution in [3.05, 3.63) is 131 Å². The average Bonchev–Trinajstić information content (AvgIpc) is 3.28. The summed E-state index contributed by atoms with van der Waals surface area (Å²) in [5.74, 6) is 0. The maximum absolute atomic E-state index is 2.57. The first-order valence-electron chi connectivity index (χ1n) is 11.8. The van der Waals surface area contributed by atoms with Crippen LogP contribution in [-0.4, -0.2) is 10.9 Å². The van der Waals surface area contributed by atoms with Crippen LogP contribution in [0.1, 0.15) is 47.2 Å². The zero-order valence-corrected chi connectivity index (χ0v) is 19.4. The molecule has 33 heavy (non-hydrogen) atoms. The maximum atomic E-state index is 2.57. The van der Waals surface area contributed by atoms with E-state index < -0.39 is 0 Å². The van der Waals surface area contributed by atoms with Gasteiger partial charge >= 0.3 is 0 Å². The van der Waals surface area contributed by atoms with Gasteiger partial charge in [-0.2, -0.15) is 4.90 Å². The van der Waals surface area contributed by atoms with Crippen molar-refractivity contribution in [2.75, 3.05) is 4.90 Å². The molecule has 0 spiro atoms. The number of benzene rings is 4. The Kier molecular flexibility index (Phi) is 6.08. The lowest BCUT2D eigenvalue weighted by molar-refractivity contribution is -0.587. The first-order chi connectivity index (χ1) is 16.2. The van der Waals surface area contributed by atoms with E-state index in [9.17, 15) is 0 Å². The first kappa shape index (κ1) is 21.2. The quantitative estimate of drug-likeness (QED) is 0.231. The molecule has 2 heteroatoms. The molecule has 0 aliphatic carbocycles. The molecule has 1 aliphatic heterocycles. The van der Waals surface area contributed by atoms with Crippen molar-refractivity contribution in [2.24, 2.45) is 0 Å². The van der Waals surface area contributed by atoms with Crippen molar-refractivity contribution < 1.29 is 4.58 Å². The first-order valence-corrected chi connectivity index (χ1v) is 11.8. The van der Waals surface area contributed by atoms with E-state index >= 15 is 0 Å². The van der Waals surface area contributed by atoms with Crippen molar-refractivity contribution in [2.45, 2.75) is 38.8 Å². The van der Waals surface area contributed by atoms with E-state index in [2.05, 4.69) is 139 Å². The van der Waals surface area contributed by atoms with Gasteiger partial charge in [0.2, 0.25) is 6.34 Å². The molecule has 0 amide bonds. The fraction of sp³-hybridized carbons (Fsp3) is 0.194. The van der Waals surface area contributed by atoms with E-state index in [1.807, 2.05) is 0 Å². The third-order valence-corrected chi connectivity index (χ3v) is 6.68. The smallest absolute Gasteiger partial charge is 0.245 e. The largest absolute Gasteiger partial charge is 0.254 e. The van der Waals surface area contributed by atoms with E-state index in [4.69, 9.17) is 0 Å². The van der Waals surface area contributed by atoms with Gasteiger partial charge in [0, 0.05) is 0 Å². The van der Waals surface area contributed by atoms with Crippen LogP contribution in [-0.2, 0) is 0 Å². The third-order valence-electron chi connectivity index (χ3n) is 6.68. The highest BCUT2D eigenvalue weighted by Crippen LogP contribution is 2.41. The van der Waals surface area contributed by atoms with Gasteiger partial charge in [0.1, 0.15) is 23.5 Å². The van der Waals surface area contributed by atoms with Gasteiger partial charge in [-0.1, -0.05) is 96.1 Å². The molecule has 164 valence electrons. The van der Waals surface area contributed by atoms with E-state index in [-0.39, 0.29) is 0 Å². The number of hydrogen-bond donors (Lipinski definition) is 0. The van der Waals surface area contributed by atoms with Gasteiger partial charge in [-0.3, -0.25) is 4.58 Å². The lowest BCUT2D eigenvalue weighted by Gasteiger charge is -2.21. The highest BCUT2D eigenvalue weighted by Gasteiger charge is 2.36. The van der Waals surface area contributed by atoms with Gasteiger partial charge in [-0.15, -0.1) is 0 Å². The molecular weight excluding hydrogens is 400 g/mol. The SMILES string of the molecule is Cc1ccc(N(C=[N+]2[C@@H](c3ccccc3)CC[C@@H]2c2ccccc2)c2ccc(C)cc2)cc1. The normalized spacial score (nSPS) is 17.7. The molecule has 1 fully saturated rings. The lowest BCUT2D eigenvalue weighted by atomic mass is 10.0. The Morgan fingerprint density at radius 1 is 0.576 bits per heavy atom. The standard InChI is InChI=1S/C31H31N2/c1-24-13-17-28(18-14-24)32(29-19-15-25(2)16-20-29)23-33-30(26-9-5-3-6-10-26)21-22-31(33)27-11-7-4-8-12-27/h3-20,23,30-31H,21-22H2,1-2H3/q+1/t30-,31-/m1/s1. The maximum Gasteiger partial charge on any atom is 0.245 e. The summed E-state index contributed by atoms with van der Waals surface area (Å²) in [5.41, 5.74) is 7.64. The van der Waals surface area contributed by atoms with Gasteiger partial charge in [0.05, 0.1) is 0 Å². The summed E-state index contributed by atoms with van der Waals surface area (Å²) < 4.78 is 2.57. The van der Waals surface area contributed by atoms with Crippen molar-refractivity contribution >= 4 is 17.7 Å². The number of anilines is 2. The molecular formula is C31H31N2+. The van der Waals surface area contributed by atoms with Crippen LogP contribution in [0.5, 0.6) is 0 Å². The summed E-state index contributed by atoms with van der Waals surface area (Å²) in [6.45, 7) is 4.28. The highest BCUT2D eigenvalue weighted by molar-refractivity contribution is 5.87. The van der Waals surface area contributed by atoms with Gasteiger partial charge in [-0.25, -0.2) is 0 Å². The molecule has 1 saturated heterocycles. The van der Waals surface area contributed by atoms with Crippen LogP contribution in [0.4, 0.5) is 11.4 Å². The van der Waals surface area contributed by atoms with Crippen LogP contribution in [0.25, 0.3) is 0 Å². The summed E-state index contributed by atoms with van der Waals surface area (Å²) in [7, 11) is 0. The molecule has 0 saturated carbocycles. The second-order valence-electron chi connectivity index (χ2n) is 9.03. The monoisotopic (exact) mass is 431 g/mol. The summed E-state index contributed by atoms with van der Waals surface area (Å²) >= 11 is 0. The van der Waals surface area contributed by atoms with Crippen LogP contribution >= 0.6 is 0 Å². The Labute approximate surface area is 197 Å². The number of nitrogens with zero attached hydrogens (tertiary/aromatic N) is 2. The molecule has 1 aliphatic rings. The molecule has 0 aromatic heterocycles. The van der Waals surface area contributed by atoms with Crippen molar-refractivity contribution in [3.63, 3.8) is 0 Å². The highest BCUT2D eigenvalue weighted by atomic mass is 15.2. The van der Waals surface area contributed by atoms with Crippen LogP contribution < -0.4 is 4.90 Å². The summed E-state index contributed by atoms with van der Waals surface area (Å²) in [6.07, 6.45) is 4.61. The van der Waals surface area contributed by atoms with E-state index in [0.29, 0.717) is 12.1 Å². The van der Waals surface area contributed by atoms with Crippen LogP contribution in [0.15, 0.2) is 109 Å². The van der Waals surface area contributed by atoms with Crippen molar-refractivity contribution in [1.29, 1.82) is 0 Å². The molecule has 4 aromatic rings. The Balaban J connectivity index is 1.65. The molecule has 2 atom stereocenters. The average molecular weight is 432 g/mol. The van der Waals surface area contributed by atoms with Gasteiger partial charge < -0.3 is 0 Å². The van der Waals surface area contributed by atoms with Gasteiger partial charge in [0.15, 0.2) is 0 Å². The fourth-order valence-electron chi connectivity index (χ4n) is 4.85. The lowest BCUT2D eigenvalue weighted by Crippen LogP contribution is -2.26. The van der Waals surface area contributed by atoms with Gasteiger partial charge in [0.25, 0.3) is 0 Å². The minimum atomic E-state index is 0.342. The summed E-state index contributed by atoms with van der Waals surface area (Å²) in [4.78, 5) is 2.34. The second kappa shape index (κ2) is 9.46. The zero-order valence-electron chi connectivity index (χ0n) is 19.4. The van der Waals surface area contributed by atoms with E-state index in [1.54, 1.807) is 0 Å². The summed E-state index contributed by atoms with van der Waals surface area (Å²) in [6, 6.07) is 40.2. The predicted octanol–water partition coefficient (Wildman–Crippen LogP) is 7.76. The number of rotatable bonds is 5. The second-order valence-corrected chi connectivity index (χ2v) is 9.03. The number of hydrogen-bond acceptors (Lipinski definition) is 0. The third kappa shape index (κ3) is 4.61. The molecule has 4 aromatic carbocycles. The molecule has 0 bridgehead atoms. The predicted molar refractivity (Wildman–Crippen MR) is 138 cm³/mol. The Bertz CT molecular complexity index is 1110. The van der Waals surface area contributed by atoms with E-state index in [0.717, 1.165) is 12.8 Å². The minimum absolute atomic E-state index is 0.342. The van der Waals surface area contributed by atoms with Crippen LogP contribution in [0, 0.1) is 13.8 Å². The molecule has 0 unspecified atom stereocenters. The topological polar surface area (TPSA) is 6.25 Å². The minimum Gasteiger partial charge on any atom is -0.254 e. The fourth-order valence-corrected chi connectivity index (χ4v) is 4.85. The molecule has 0 N–H and O–H groups in total. The molecule has 0 radical (unpaired) electrons. The van der Waals surface area contributed by atoms with Crippen molar-refractivity contribution in [3.8, 4) is 0 Å². The zero-order chi connectivity index (χ0) is 22.6. The van der Waals surface area contributed by atoms with Crippen LogP contribution in [0.3, 0.4) is 0 Å². The Morgan fingerprint density at radius 2 is 0.970 bits per heavy atom. The van der Waals surface area contributed by atoms with Crippen molar-refractivity contribution in [1.82, 2.24) is 0 Å². The molecule has 1 heterocycles. The molecule has 2 nitrogen and oxygen atoms in total. The van der Waals surface area contributed by atoms with Gasteiger partial charge in [-0.05, 0) is 62.1 Å². The summed E-state index contributed by atoms with van der Waals surface area (Å²) in [5, 5.41) is 0.